The highest BCUT2D eigenvalue weighted by Gasteiger charge is 2.35. The highest BCUT2D eigenvalue weighted by atomic mass is 19.1. The second kappa shape index (κ2) is 8.48. The minimum absolute atomic E-state index is 0.250. The third-order valence-corrected chi connectivity index (χ3v) is 3.31. The van der Waals surface area contributed by atoms with Crippen LogP contribution in [0, 0.1) is 11.2 Å². The maximum atomic E-state index is 12.8. The first-order valence-corrected chi connectivity index (χ1v) is 7.18. The number of nitrogens with one attached hydrogen (secondary N) is 2. The zero-order valence-corrected chi connectivity index (χ0v) is 13.2. The lowest BCUT2D eigenvalue weighted by Crippen LogP contribution is -2.47. The molecule has 0 heterocycles. The van der Waals surface area contributed by atoms with Crippen molar-refractivity contribution < 1.29 is 18.7 Å². The molecule has 1 aromatic carbocycles. The van der Waals surface area contributed by atoms with Crippen molar-refractivity contribution in [3.8, 4) is 0 Å². The highest BCUT2D eigenvalue weighted by Crippen LogP contribution is 2.16. The van der Waals surface area contributed by atoms with Crippen molar-refractivity contribution in [2.45, 2.75) is 26.8 Å². The number of rotatable bonds is 8. The van der Waals surface area contributed by atoms with E-state index in [1.54, 1.807) is 33.1 Å². The van der Waals surface area contributed by atoms with Gasteiger partial charge in [-0.05, 0) is 38.0 Å². The van der Waals surface area contributed by atoms with E-state index < -0.39 is 5.41 Å². The van der Waals surface area contributed by atoms with Gasteiger partial charge < -0.3 is 15.4 Å². The van der Waals surface area contributed by atoms with E-state index in [1.807, 2.05) is 0 Å². The average Bonchev–Trinajstić information content (AvgIpc) is 2.50. The molecule has 0 saturated carbocycles. The van der Waals surface area contributed by atoms with Crippen LogP contribution in [0.15, 0.2) is 24.3 Å². The van der Waals surface area contributed by atoms with Crippen LogP contribution in [0.1, 0.15) is 25.8 Å². The summed E-state index contributed by atoms with van der Waals surface area (Å²) >= 11 is 0. The molecule has 0 aliphatic heterocycles. The number of benzene rings is 1. The summed E-state index contributed by atoms with van der Waals surface area (Å²) in [6.45, 7) is 4.40. The molecule has 0 radical (unpaired) electrons. The van der Waals surface area contributed by atoms with Gasteiger partial charge in [0.1, 0.15) is 11.2 Å². The number of halogens is 1. The molecule has 22 heavy (non-hydrogen) atoms. The molecule has 1 aromatic rings. The van der Waals surface area contributed by atoms with Crippen molar-refractivity contribution in [1.29, 1.82) is 0 Å². The van der Waals surface area contributed by atoms with Crippen LogP contribution in [0.3, 0.4) is 0 Å². The fourth-order valence-electron chi connectivity index (χ4n) is 1.75. The van der Waals surface area contributed by atoms with Gasteiger partial charge in [0, 0.05) is 26.8 Å². The molecule has 0 atom stereocenters. The molecule has 1 rings (SSSR count). The quantitative estimate of drug-likeness (QED) is 0.566. The van der Waals surface area contributed by atoms with E-state index >= 15 is 0 Å². The molecule has 2 N–H and O–H groups in total. The summed E-state index contributed by atoms with van der Waals surface area (Å²) in [6.07, 6.45) is 0.690. The van der Waals surface area contributed by atoms with Gasteiger partial charge in [0.05, 0.1) is 0 Å². The second-order valence-electron chi connectivity index (χ2n) is 5.54. The Bertz CT molecular complexity index is 501. The predicted molar refractivity (Wildman–Crippen MR) is 81.5 cm³/mol. The first-order chi connectivity index (χ1) is 10.4. The van der Waals surface area contributed by atoms with Crippen LogP contribution in [0.25, 0.3) is 0 Å². The molecule has 0 saturated heterocycles. The van der Waals surface area contributed by atoms with Gasteiger partial charge in [-0.3, -0.25) is 9.59 Å². The molecule has 0 aromatic heterocycles. The summed E-state index contributed by atoms with van der Waals surface area (Å²) in [5.41, 5.74) is -0.404. The Morgan fingerprint density at radius 1 is 1.14 bits per heavy atom. The van der Waals surface area contributed by atoms with Crippen LogP contribution >= 0.6 is 0 Å². The number of hydrogen-bond donors (Lipinski definition) is 2. The molecule has 0 bridgehead atoms. The maximum absolute atomic E-state index is 12.8. The van der Waals surface area contributed by atoms with E-state index in [2.05, 4.69) is 10.6 Å². The topological polar surface area (TPSA) is 67.4 Å². The van der Waals surface area contributed by atoms with E-state index in [1.165, 1.54) is 12.1 Å². The van der Waals surface area contributed by atoms with Gasteiger partial charge in [-0.2, -0.15) is 0 Å². The number of ether oxygens (including phenoxy) is 1. The molecule has 122 valence electrons. The van der Waals surface area contributed by atoms with Gasteiger partial charge in [-0.1, -0.05) is 12.1 Å². The first-order valence-electron chi connectivity index (χ1n) is 7.18. The summed E-state index contributed by atoms with van der Waals surface area (Å²) in [7, 11) is 1.59. The monoisotopic (exact) mass is 310 g/mol. The zero-order valence-electron chi connectivity index (χ0n) is 13.2. The summed E-state index contributed by atoms with van der Waals surface area (Å²) in [6, 6.07) is 5.84. The largest absolute Gasteiger partial charge is 0.385 e. The smallest absolute Gasteiger partial charge is 0.235 e. The highest BCUT2D eigenvalue weighted by molar-refractivity contribution is 6.04. The summed E-state index contributed by atoms with van der Waals surface area (Å²) in [5, 5.41) is 5.41. The fraction of sp³-hybridized carbons (Fsp3) is 0.500. The molecule has 0 unspecified atom stereocenters. The van der Waals surface area contributed by atoms with Gasteiger partial charge in [-0.25, -0.2) is 4.39 Å². The van der Waals surface area contributed by atoms with E-state index in [4.69, 9.17) is 4.74 Å². The normalized spacial score (nSPS) is 11.1. The van der Waals surface area contributed by atoms with E-state index in [0.717, 1.165) is 5.56 Å². The van der Waals surface area contributed by atoms with Crippen molar-refractivity contribution in [3.05, 3.63) is 35.6 Å². The van der Waals surface area contributed by atoms with Crippen LogP contribution in [-0.2, 0) is 20.9 Å². The van der Waals surface area contributed by atoms with Gasteiger partial charge in [-0.15, -0.1) is 0 Å². The van der Waals surface area contributed by atoms with Crippen LogP contribution < -0.4 is 10.6 Å². The fourth-order valence-corrected chi connectivity index (χ4v) is 1.75. The van der Waals surface area contributed by atoms with Crippen molar-refractivity contribution in [1.82, 2.24) is 10.6 Å². The van der Waals surface area contributed by atoms with Crippen molar-refractivity contribution >= 4 is 11.8 Å². The molecule has 5 nitrogen and oxygen atoms in total. The van der Waals surface area contributed by atoms with Crippen LogP contribution in [0.5, 0.6) is 0 Å². The van der Waals surface area contributed by atoms with Gasteiger partial charge >= 0.3 is 0 Å². The van der Waals surface area contributed by atoms with Crippen molar-refractivity contribution in [2.75, 3.05) is 20.3 Å². The Kier molecular flexibility index (Phi) is 6.98. The minimum Gasteiger partial charge on any atom is -0.385 e. The van der Waals surface area contributed by atoms with Gasteiger partial charge in [0.2, 0.25) is 11.8 Å². The molecular weight excluding hydrogens is 287 g/mol. The summed E-state index contributed by atoms with van der Waals surface area (Å²) < 4.78 is 17.7. The lowest BCUT2D eigenvalue weighted by Gasteiger charge is -2.22. The Labute approximate surface area is 130 Å². The average molecular weight is 310 g/mol. The van der Waals surface area contributed by atoms with Gasteiger partial charge in [0.15, 0.2) is 0 Å². The number of carbonyl (C=O) groups is 2. The van der Waals surface area contributed by atoms with Crippen molar-refractivity contribution in [3.63, 3.8) is 0 Å². The number of hydrogen-bond acceptors (Lipinski definition) is 3. The maximum Gasteiger partial charge on any atom is 0.235 e. The summed E-state index contributed by atoms with van der Waals surface area (Å²) in [4.78, 5) is 24.2. The SMILES string of the molecule is COCCCNC(=O)C(C)(C)C(=O)NCc1ccc(F)cc1. The third-order valence-electron chi connectivity index (χ3n) is 3.31. The van der Waals surface area contributed by atoms with E-state index in [9.17, 15) is 14.0 Å². The Morgan fingerprint density at radius 3 is 2.32 bits per heavy atom. The Morgan fingerprint density at radius 2 is 1.73 bits per heavy atom. The van der Waals surface area contributed by atoms with Gasteiger partial charge in [0.25, 0.3) is 0 Å². The van der Waals surface area contributed by atoms with E-state index in [0.29, 0.717) is 19.6 Å². The predicted octanol–water partition coefficient (Wildman–Crippen LogP) is 1.62. The second-order valence-corrected chi connectivity index (χ2v) is 5.54. The Balaban J connectivity index is 2.47. The number of carbonyl (C=O) groups excluding carboxylic acids is 2. The molecule has 0 spiro atoms. The number of methoxy groups -OCH3 is 1. The zero-order chi connectivity index (χ0) is 16.6. The Hall–Kier alpha value is -1.95. The molecule has 0 aliphatic carbocycles. The molecule has 0 fully saturated rings. The molecule has 6 heteroatoms. The molecular formula is C16H23FN2O3. The molecule has 2 amide bonds. The molecule has 0 aliphatic rings. The minimum atomic E-state index is -1.17. The van der Waals surface area contributed by atoms with Crippen LogP contribution in [0.2, 0.25) is 0 Å². The third kappa shape index (κ3) is 5.44. The lowest BCUT2D eigenvalue weighted by atomic mass is 9.91. The van der Waals surface area contributed by atoms with Crippen LogP contribution in [0.4, 0.5) is 4.39 Å². The van der Waals surface area contributed by atoms with Crippen LogP contribution in [-0.4, -0.2) is 32.1 Å². The number of amides is 2. The lowest BCUT2D eigenvalue weighted by molar-refractivity contribution is -0.141. The summed E-state index contributed by atoms with van der Waals surface area (Å²) in [5.74, 6) is -1.04. The first kappa shape index (κ1) is 18.1. The van der Waals surface area contributed by atoms with E-state index in [-0.39, 0.29) is 24.2 Å². The standard InChI is InChI=1S/C16H23FN2O3/c1-16(2,14(20)18-9-4-10-22-3)15(21)19-11-12-5-7-13(17)8-6-12/h5-8H,4,9-11H2,1-3H3,(H,18,20)(H,19,21). The van der Waals surface area contributed by atoms with Crippen molar-refractivity contribution in [2.24, 2.45) is 5.41 Å².